The topological polar surface area (TPSA) is 38.8 Å². The lowest BCUT2D eigenvalue weighted by atomic mass is 10.1. The van der Waals surface area contributed by atoms with Gasteiger partial charge in [-0.05, 0) is 18.6 Å². The lowest BCUT2D eigenvalue weighted by Crippen LogP contribution is -2.41. The number of rotatable bonds is 2. The van der Waals surface area contributed by atoms with Crippen LogP contribution in [-0.2, 0) is 20.1 Å². The Hall–Kier alpha value is -0.810. The first-order chi connectivity index (χ1) is 9.12. The minimum Gasteiger partial charge on any atom is -0.336 e. The molecule has 0 atom stereocenters. The van der Waals surface area contributed by atoms with Gasteiger partial charge in [-0.3, -0.25) is 4.79 Å². The minimum absolute atomic E-state index is 0.239. The zero-order chi connectivity index (χ0) is 13.6. The smallest absolute Gasteiger partial charge is 0.292 e. The largest absolute Gasteiger partial charge is 0.336 e. The van der Waals surface area contributed by atoms with Crippen LogP contribution in [0.4, 0.5) is 5.69 Å². The van der Waals surface area contributed by atoms with Crippen molar-refractivity contribution in [1.29, 1.82) is 0 Å². The average Bonchev–Trinajstić information content (AvgIpc) is 2.96. The number of hydrogen-bond acceptors (Lipinski definition) is 3. The summed E-state index contributed by atoms with van der Waals surface area (Å²) < 4.78 is 11.2. The Balaban J connectivity index is 2.24. The maximum Gasteiger partial charge on any atom is 0.292 e. The van der Waals surface area contributed by atoms with Gasteiger partial charge in [0.15, 0.2) is 0 Å². The molecule has 2 aliphatic heterocycles. The van der Waals surface area contributed by atoms with Crippen LogP contribution in [0.25, 0.3) is 0 Å². The number of nitrogens with zero attached hydrogens (tertiary/aromatic N) is 1. The maximum absolute atomic E-state index is 12.6. The van der Waals surface area contributed by atoms with E-state index in [0.29, 0.717) is 41.1 Å². The number of hydrogen-bond donors (Lipinski definition) is 0. The highest BCUT2D eigenvalue weighted by atomic mass is 35.5. The van der Waals surface area contributed by atoms with E-state index in [1.165, 1.54) is 0 Å². The second kappa shape index (κ2) is 4.63. The first-order valence-corrected chi connectivity index (χ1v) is 6.95. The van der Waals surface area contributed by atoms with Crippen molar-refractivity contribution in [2.24, 2.45) is 0 Å². The van der Waals surface area contributed by atoms with Crippen LogP contribution in [0.3, 0.4) is 0 Å². The molecule has 1 saturated heterocycles. The van der Waals surface area contributed by atoms with Crippen LogP contribution in [0.1, 0.15) is 18.9 Å². The molecular formula is C13H13Cl2NO3. The lowest BCUT2D eigenvalue weighted by molar-refractivity contribution is -0.180. The molecule has 1 aromatic carbocycles. The molecular weight excluding hydrogens is 289 g/mol. The summed E-state index contributed by atoms with van der Waals surface area (Å²) in [5, 5.41) is 0.922. The predicted molar refractivity (Wildman–Crippen MR) is 72.7 cm³/mol. The summed E-state index contributed by atoms with van der Waals surface area (Å²) in [4.78, 5) is 14.2. The van der Waals surface area contributed by atoms with Crippen LogP contribution in [0, 0.1) is 0 Å². The molecule has 6 heteroatoms. The van der Waals surface area contributed by atoms with Crippen LogP contribution in [0.15, 0.2) is 12.1 Å². The summed E-state index contributed by atoms with van der Waals surface area (Å²) in [6.45, 7) is 3.29. The van der Waals surface area contributed by atoms with E-state index in [1.807, 2.05) is 6.92 Å². The van der Waals surface area contributed by atoms with Gasteiger partial charge in [0.05, 0.1) is 34.5 Å². The van der Waals surface area contributed by atoms with Crippen LogP contribution in [-0.4, -0.2) is 25.7 Å². The fourth-order valence-corrected chi connectivity index (χ4v) is 3.16. The summed E-state index contributed by atoms with van der Waals surface area (Å²) in [5.41, 5.74) is 1.15. The Bertz CT molecular complexity index is 541. The first-order valence-electron chi connectivity index (χ1n) is 6.20. The molecule has 0 N–H and O–H groups in total. The molecule has 1 amide bonds. The Labute approximate surface area is 121 Å². The molecule has 3 rings (SSSR count). The van der Waals surface area contributed by atoms with Crippen molar-refractivity contribution in [3.05, 3.63) is 27.7 Å². The van der Waals surface area contributed by atoms with E-state index in [2.05, 4.69) is 0 Å². The van der Waals surface area contributed by atoms with Gasteiger partial charge in [-0.25, -0.2) is 0 Å². The highest BCUT2D eigenvalue weighted by Crippen LogP contribution is 2.51. The van der Waals surface area contributed by atoms with E-state index in [4.69, 9.17) is 32.7 Å². The van der Waals surface area contributed by atoms with Crippen LogP contribution < -0.4 is 4.90 Å². The molecule has 0 unspecified atom stereocenters. The third kappa shape index (κ3) is 1.71. The van der Waals surface area contributed by atoms with Crippen molar-refractivity contribution in [1.82, 2.24) is 0 Å². The molecule has 0 saturated carbocycles. The van der Waals surface area contributed by atoms with Gasteiger partial charge in [0.25, 0.3) is 11.7 Å². The fraction of sp³-hybridized carbons (Fsp3) is 0.462. The molecule has 2 aliphatic rings. The van der Waals surface area contributed by atoms with Gasteiger partial charge in [-0.15, -0.1) is 0 Å². The number of anilines is 1. The Morgan fingerprint density at radius 3 is 2.53 bits per heavy atom. The molecule has 1 spiro atoms. The van der Waals surface area contributed by atoms with Gasteiger partial charge in [-0.2, -0.15) is 0 Å². The molecule has 2 heterocycles. The lowest BCUT2D eigenvalue weighted by Gasteiger charge is -2.22. The highest BCUT2D eigenvalue weighted by Gasteiger charge is 2.57. The van der Waals surface area contributed by atoms with Gasteiger partial charge in [0.2, 0.25) is 0 Å². The fourth-order valence-electron chi connectivity index (χ4n) is 2.62. The number of halogens is 2. The maximum atomic E-state index is 12.6. The third-order valence-corrected chi connectivity index (χ3v) is 3.96. The Morgan fingerprint density at radius 2 is 1.89 bits per heavy atom. The van der Waals surface area contributed by atoms with E-state index < -0.39 is 5.79 Å². The molecule has 0 bridgehead atoms. The van der Waals surface area contributed by atoms with Crippen molar-refractivity contribution in [3.8, 4) is 0 Å². The second-order valence-corrected chi connectivity index (χ2v) is 5.34. The molecule has 4 nitrogen and oxygen atoms in total. The molecule has 19 heavy (non-hydrogen) atoms. The number of benzene rings is 1. The van der Waals surface area contributed by atoms with E-state index in [9.17, 15) is 4.79 Å². The second-order valence-electron chi connectivity index (χ2n) is 4.52. The zero-order valence-electron chi connectivity index (χ0n) is 10.4. The van der Waals surface area contributed by atoms with Gasteiger partial charge in [0.1, 0.15) is 0 Å². The average molecular weight is 302 g/mol. The summed E-state index contributed by atoms with van der Waals surface area (Å²) in [7, 11) is 0. The van der Waals surface area contributed by atoms with Crippen LogP contribution in [0.5, 0.6) is 0 Å². The molecule has 0 aromatic heterocycles. The minimum atomic E-state index is -1.40. The number of amides is 1. The van der Waals surface area contributed by atoms with E-state index >= 15 is 0 Å². The van der Waals surface area contributed by atoms with E-state index in [1.54, 1.807) is 17.0 Å². The summed E-state index contributed by atoms with van der Waals surface area (Å²) in [6.07, 6.45) is 0.810. The summed E-state index contributed by atoms with van der Waals surface area (Å²) in [6, 6.07) is 3.35. The van der Waals surface area contributed by atoms with E-state index in [0.717, 1.165) is 6.42 Å². The third-order valence-electron chi connectivity index (χ3n) is 3.34. The summed E-state index contributed by atoms with van der Waals surface area (Å²) >= 11 is 12.5. The number of fused-ring (bicyclic) bond motifs is 2. The van der Waals surface area contributed by atoms with Crippen molar-refractivity contribution in [2.75, 3.05) is 24.7 Å². The van der Waals surface area contributed by atoms with Crippen molar-refractivity contribution in [3.63, 3.8) is 0 Å². The Morgan fingerprint density at radius 1 is 1.26 bits per heavy atom. The van der Waals surface area contributed by atoms with Gasteiger partial charge >= 0.3 is 0 Å². The molecule has 1 aromatic rings. The normalized spacial score (nSPS) is 20.4. The molecule has 102 valence electrons. The standard InChI is InChI=1S/C13H13Cl2NO3/c1-2-5-16-11-9(15)4-3-8(14)10(11)13(12(16)17)18-6-7-19-13/h3-4H,2,5-7H2,1H3. The van der Waals surface area contributed by atoms with Crippen LogP contribution >= 0.6 is 23.2 Å². The van der Waals surface area contributed by atoms with Crippen molar-refractivity contribution >= 4 is 34.8 Å². The molecule has 1 fully saturated rings. The summed E-state index contributed by atoms with van der Waals surface area (Å²) in [5.74, 6) is -1.64. The first kappa shape index (κ1) is 13.2. The molecule has 0 aliphatic carbocycles. The van der Waals surface area contributed by atoms with Crippen molar-refractivity contribution in [2.45, 2.75) is 19.1 Å². The van der Waals surface area contributed by atoms with Gasteiger partial charge < -0.3 is 14.4 Å². The monoisotopic (exact) mass is 301 g/mol. The SMILES string of the molecule is CCCN1C(=O)C2(OCCO2)c2c(Cl)ccc(Cl)c21. The number of ether oxygens (including phenoxy) is 2. The zero-order valence-corrected chi connectivity index (χ0v) is 11.9. The number of carbonyl (C=O) groups is 1. The van der Waals surface area contributed by atoms with E-state index in [-0.39, 0.29) is 5.91 Å². The number of carbonyl (C=O) groups excluding carboxylic acids is 1. The predicted octanol–water partition coefficient (Wildman–Crippen LogP) is 2.95. The molecule has 0 radical (unpaired) electrons. The van der Waals surface area contributed by atoms with Gasteiger partial charge in [0, 0.05) is 6.54 Å². The van der Waals surface area contributed by atoms with Crippen molar-refractivity contribution < 1.29 is 14.3 Å². The Kier molecular flexibility index (Phi) is 3.21. The van der Waals surface area contributed by atoms with Crippen LogP contribution in [0.2, 0.25) is 10.0 Å². The highest BCUT2D eigenvalue weighted by molar-refractivity contribution is 6.38. The van der Waals surface area contributed by atoms with Gasteiger partial charge in [-0.1, -0.05) is 30.1 Å². The quantitative estimate of drug-likeness (QED) is 0.843.